The SMILES string of the molecule is O=C=NCCC1CO1. The average Bonchev–Trinajstić information content (AvgIpc) is 2.51. The van der Waals surface area contributed by atoms with Crippen LogP contribution in [-0.2, 0) is 9.53 Å². The Morgan fingerprint density at radius 2 is 2.62 bits per heavy atom. The van der Waals surface area contributed by atoms with Crippen LogP contribution in [0.25, 0.3) is 0 Å². The molecule has 1 saturated heterocycles. The first-order valence-electron chi connectivity index (χ1n) is 2.58. The Balaban J connectivity index is 1.95. The van der Waals surface area contributed by atoms with E-state index in [0.717, 1.165) is 13.0 Å². The molecule has 1 aliphatic heterocycles. The number of rotatable bonds is 3. The Bertz CT molecular complexity index is 114. The molecule has 0 saturated carbocycles. The molecule has 1 unspecified atom stereocenters. The monoisotopic (exact) mass is 113 g/mol. The van der Waals surface area contributed by atoms with Crippen molar-refractivity contribution in [3.63, 3.8) is 0 Å². The van der Waals surface area contributed by atoms with Crippen LogP contribution >= 0.6 is 0 Å². The van der Waals surface area contributed by atoms with Gasteiger partial charge >= 0.3 is 0 Å². The maximum atomic E-state index is 9.47. The van der Waals surface area contributed by atoms with E-state index in [4.69, 9.17) is 4.74 Å². The molecule has 0 spiro atoms. The highest BCUT2D eigenvalue weighted by Gasteiger charge is 2.20. The van der Waals surface area contributed by atoms with Gasteiger partial charge in [-0.1, -0.05) is 0 Å². The molecule has 1 rings (SSSR count). The zero-order valence-corrected chi connectivity index (χ0v) is 4.46. The first-order chi connectivity index (χ1) is 3.93. The van der Waals surface area contributed by atoms with E-state index in [2.05, 4.69) is 4.99 Å². The van der Waals surface area contributed by atoms with Crippen LogP contribution in [0.5, 0.6) is 0 Å². The fraction of sp³-hybridized carbons (Fsp3) is 0.800. The van der Waals surface area contributed by atoms with E-state index in [-0.39, 0.29) is 0 Å². The maximum absolute atomic E-state index is 9.47. The lowest BCUT2D eigenvalue weighted by atomic mass is 10.3. The number of nitrogens with zero attached hydrogens (tertiary/aromatic N) is 1. The minimum Gasteiger partial charge on any atom is -0.373 e. The van der Waals surface area contributed by atoms with Gasteiger partial charge in [0.15, 0.2) is 0 Å². The van der Waals surface area contributed by atoms with Crippen LogP contribution in [0.4, 0.5) is 0 Å². The van der Waals surface area contributed by atoms with Gasteiger partial charge in [0.2, 0.25) is 6.08 Å². The molecule has 1 fully saturated rings. The summed E-state index contributed by atoms with van der Waals surface area (Å²) in [7, 11) is 0. The molecule has 0 aromatic carbocycles. The Morgan fingerprint density at radius 3 is 3.12 bits per heavy atom. The summed E-state index contributed by atoms with van der Waals surface area (Å²) in [5.74, 6) is 0. The highest BCUT2D eigenvalue weighted by molar-refractivity contribution is 5.32. The van der Waals surface area contributed by atoms with Crippen molar-refractivity contribution in [2.24, 2.45) is 4.99 Å². The second-order valence-corrected chi connectivity index (χ2v) is 1.72. The summed E-state index contributed by atoms with van der Waals surface area (Å²) >= 11 is 0. The van der Waals surface area contributed by atoms with E-state index in [0.29, 0.717) is 12.6 Å². The summed E-state index contributed by atoms with van der Waals surface area (Å²) in [5, 5.41) is 0. The third kappa shape index (κ3) is 1.87. The van der Waals surface area contributed by atoms with Crippen LogP contribution in [0.3, 0.4) is 0 Å². The van der Waals surface area contributed by atoms with Crippen molar-refractivity contribution < 1.29 is 9.53 Å². The molecule has 3 heteroatoms. The van der Waals surface area contributed by atoms with Gasteiger partial charge < -0.3 is 4.74 Å². The first kappa shape index (κ1) is 5.48. The molecule has 0 aromatic rings. The van der Waals surface area contributed by atoms with Crippen LogP contribution < -0.4 is 0 Å². The second kappa shape index (κ2) is 2.60. The highest BCUT2D eigenvalue weighted by Crippen LogP contribution is 2.12. The smallest absolute Gasteiger partial charge is 0.234 e. The van der Waals surface area contributed by atoms with Crippen LogP contribution in [0.15, 0.2) is 4.99 Å². The van der Waals surface area contributed by atoms with Gasteiger partial charge in [-0.3, -0.25) is 0 Å². The first-order valence-corrected chi connectivity index (χ1v) is 2.58. The molecule has 0 bridgehead atoms. The Kier molecular flexibility index (Phi) is 1.78. The van der Waals surface area contributed by atoms with Gasteiger partial charge in [-0.05, 0) is 6.42 Å². The Labute approximate surface area is 47.4 Å². The van der Waals surface area contributed by atoms with Crippen LogP contribution in [0.2, 0.25) is 0 Å². The van der Waals surface area contributed by atoms with Crippen LogP contribution in [0, 0.1) is 0 Å². The highest BCUT2D eigenvalue weighted by atomic mass is 16.6. The molecular weight excluding hydrogens is 106 g/mol. The molecule has 1 heterocycles. The van der Waals surface area contributed by atoms with E-state index in [9.17, 15) is 4.79 Å². The normalized spacial score (nSPS) is 24.2. The van der Waals surface area contributed by atoms with Crippen molar-refractivity contribution >= 4 is 6.08 Å². The molecule has 8 heavy (non-hydrogen) atoms. The summed E-state index contributed by atoms with van der Waals surface area (Å²) in [6.07, 6.45) is 2.72. The third-order valence-corrected chi connectivity index (χ3v) is 1.03. The van der Waals surface area contributed by atoms with Gasteiger partial charge in [0.1, 0.15) is 0 Å². The zero-order valence-electron chi connectivity index (χ0n) is 4.46. The minimum atomic E-state index is 0.382. The van der Waals surface area contributed by atoms with E-state index >= 15 is 0 Å². The van der Waals surface area contributed by atoms with Crippen LogP contribution in [-0.4, -0.2) is 25.3 Å². The predicted octanol–water partition coefficient (Wildman–Crippen LogP) is 0.111. The maximum Gasteiger partial charge on any atom is 0.234 e. The molecule has 0 aliphatic carbocycles. The molecule has 3 nitrogen and oxygen atoms in total. The summed E-state index contributed by atoms with van der Waals surface area (Å²) in [6.45, 7) is 1.41. The lowest BCUT2D eigenvalue weighted by Crippen LogP contribution is -1.87. The molecule has 44 valence electrons. The molecule has 1 atom stereocenters. The van der Waals surface area contributed by atoms with E-state index in [1.807, 2.05) is 0 Å². The van der Waals surface area contributed by atoms with Gasteiger partial charge in [-0.25, -0.2) is 9.79 Å². The molecule has 0 radical (unpaired) electrons. The van der Waals surface area contributed by atoms with Crippen molar-refractivity contribution in [1.29, 1.82) is 0 Å². The fourth-order valence-electron chi connectivity index (χ4n) is 0.489. The predicted molar refractivity (Wildman–Crippen MR) is 27.3 cm³/mol. The number of ether oxygens (including phenoxy) is 1. The lowest BCUT2D eigenvalue weighted by molar-refractivity contribution is 0.399. The van der Waals surface area contributed by atoms with Gasteiger partial charge in [0, 0.05) is 0 Å². The van der Waals surface area contributed by atoms with E-state index in [1.54, 1.807) is 0 Å². The molecule has 0 N–H and O–H groups in total. The van der Waals surface area contributed by atoms with Crippen molar-refractivity contribution in [2.45, 2.75) is 12.5 Å². The summed E-state index contributed by atoms with van der Waals surface area (Å²) in [6, 6.07) is 0. The van der Waals surface area contributed by atoms with Gasteiger partial charge in [0.25, 0.3) is 0 Å². The van der Waals surface area contributed by atoms with Crippen molar-refractivity contribution in [3.05, 3.63) is 0 Å². The van der Waals surface area contributed by atoms with E-state index < -0.39 is 0 Å². The van der Waals surface area contributed by atoms with Crippen molar-refractivity contribution in [2.75, 3.05) is 13.2 Å². The Morgan fingerprint density at radius 1 is 1.88 bits per heavy atom. The third-order valence-electron chi connectivity index (χ3n) is 1.03. The Hall–Kier alpha value is -0.660. The lowest BCUT2D eigenvalue weighted by Gasteiger charge is -1.81. The van der Waals surface area contributed by atoms with Crippen molar-refractivity contribution in [1.82, 2.24) is 0 Å². The topological polar surface area (TPSA) is 42.0 Å². The largest absolute Gasteiger partial charge is 0.373 e. The van der Waals surface area contributed by atoms with Gasteiger partial charge in [0.05, 0.1) is 19.3 Å². The number of carbonyl (C=O) groups excluding carboxylic acids is 1. The minimum absolute atomic E-state index is 0.382. The van der Waals surface area contributed by atoms with Crippen molar-refractivity contribution in [3.8, 4) is 0 Å². The summed E-state index contributed by atoms with van der Waals surface area (Å²) in [4.78, 5) is 12.8. The van der Waals surface area contributed by atoms with E-state index in [1.165, 1.54) is 6.08 Å². The number of hydrogen-bond acceptors (Lipinski definition) is 3. The van der Waals surface area contributed by atoms with Crippen LogP contribution in [0.1, 0.15) is 6.42 Å². The fourth-order valence-corrected chi connectivity index (χ4v) is 0.489. The van der Waals surface area contributed by atoms with Gasteiger partial charge in [-0.15, -0.1) is 0 Å². The number of epoxide rings is 1. The zero-order chi connectivity index (χ0) is 5.82. The molecular formula is C5H7NO2. The summed E-state index contributed by atoms with van der Waals surface area (Å²) < 4.78 is 4.87. The molecule has 0 aromatic heterocycles. The number of isocyanates is 1. The summed E-state index contributed by atoms with van der Waals surface area (Å²) in [5.41, 5.74) is 0. The number of hydrogen-bond donors (Lipinski definition) is 0. The molecule has 1 aliphatic rings. The molecule has 0 amide bonds. The standard InChI is InChI=1S/C5H7NO2/c7-4-6-2-1-5-3-8-5/h5H,1-3H2. The average molecular weight is 113 g/mol. The quantitative estimate of drug-likeness (QED) is 0.296. The second-order valence-electron chi connectivity index (χ2n) is 1.72. The van der Waals surface area contributed by atoms with Gasteiger partial charge in [-0.2, -0.15) is 0 Å². The number of aliphatic imine (C=N–C) groups is 1.